The zero-order chi connectivity index (χ0) is 40.4. The maximum Gasteiger partial charge on any atom is 0.270 e. The second kappa shape index (κ2) is 18.0. The normalized spacial score (nSPS) is 19.5. The van der Waals surface area contributed by atoms with Crippen LogP contribution in [0.1, 0.15) is 48.9 Å². The highest BCUT2D eigenvalue weighted by molar-refractivity contribution is 6.13. The highest BCUT2D eigenvalue weighted by atomic mass is 16.6. The predicted molar refractivity (Wildman–Crippen MR) is 209 cm³/mol. The molecule has 2 atom stereocenters. The number of fused-ring (bicyclic) bond motifs is 1. The highest BCUT2D eigenvalue weighted by Gasteiger charge is 2.75. The molecule has 14 heteroatoms. The third kappa shape index (κ3) is 9.27. The first-order valence-corrected chi connectivity index (χ1v) is 18.1. The molecule has 4 aromatic rings. The van der Waals surface area contributed by atoms with E-state index in [0.29, 0.717) is 29.9 Å². The number of likely N-dealkylation sites (tertiary alicyclic amines) is 1. The fourth-order valence-electron chi connectivity index (χ4n) is 7.03. The first-order chi connectivity index (χ1) is 26.9. The van der Waals surface area contributed by atoms with Crippen molar-refractivity contribution >= 4 is 40.7 Å². The number of non-ortho nitro benzene ring substituents is 2. The van der Waals surface area contributed by atoms with Crippen LogP contribution in [-0.4, -0.2) is 62.1 Å². The predicted octanol–water partition coefficient (Wildman–Crippen LogP) is 5.92. The molecule has 0 bridgehead atoms. The van der Waals surface area contributed by atoms with E-state index in [9.17, 15) is 39.4 Å². The molecule has 2 heterocycles. The Labute approximate surface area is 323 Å². The summed E-state index contributed by atoms with van der Waals surface area (Å²) in [5.41, 5.74) is 3.74. The van der Waals surface area contributed by atoms with E-state index in [-0.39, 0.29) is 35.0 Å². The Balaban J connectivity index is 0.000000176. The monoisotopic (exact) mass is 758 g/mol. The number of nitro benzene ring substituents is 2. The summed E-state index contributed by atoms with van der Waals surface area (Å²) >= 11 is 0. The van der Waals surface area contributed by atoms with E-state index in [0.717, 1.165) is 25.7 Å². The van der Waals surface area contributed by atoms with Crippen LogP contribution in [0, 0.1) is 32.1 Å². The zero-order valence-electron chi connectivity index (χ0n) is 31.0. The fraction of sp³-hybridized carbons (Fsp3) is 0.262. The van der Waals surface area contributed by atoms with E-state index in [1.165, 1.54) is 57.3 Å². The van der Waals surface area contributed by atoms with Crippen LogP contribution in [0.15, 0.2) is 126 Å². The number of aryl methyl sites for hydroxylation is 2. The van der Waals surface area contributed by atoms with Gasteiger partial charge in [0, 0.05) is 60.5 Å². The van der Waals surface area contributed by atoms with Gasteiger partial charge in [-0.2, -0.15) is 5.10 Å². The average molecular weight is 759 g/mol. The van der Waals surface area contributed by atoms with Crippen molar-refractivity contribution < 1.29 is 29.0 Å². The summed E-state index contributed by atoms with van der Waals surface area (Å²) in [5, 5.41) is 24.9. The molecule has 4 aromatic carbocycles. The van der Waals surface area contributed by atoms with Crippen LogP contribution < -0.4 is 5.84 Å². The number of rotatable bonds is 12. The van der Waals surface area contributed by atoms with Crippen molar-refractivity contribution in [3.8, 4) is 0 Å². The van der Waals surface area contributed by atoms with E-state index in [4.69, 9.17) is 5.84 Å². The Morgan fingerprint density at radius 2 is 1.14 bits per heavy atom. The SMILES string of the molecule is CC(=NN)c1cccc([N+](=O)[O-])c1.CC1(c2cccc([N+](=O)[O-])c2)C2C(=O)N(CCCc3ccccc3)C(=O)C21.O=C1C=CC(=O)N1CCCc1ccccc1. The standard InChI is InChI=1S/C21H20N2O4.C13H13NO2.C8H9N3O2/c1-21(15-10-5-11-16(13-15)23(26)27)17-18(21)20(25)22(19(17)24)12-6-9-14-7-3-2-4-8-14;15-12-8-9-13(16)14(12)10-4-7-11-5-2-1-3-6-11;1-6(10-9)7-3-2-4-8(5-7)11(12)13/h2-5,7-8,10-11,13,17-18H,6,9,12H2,1H3;1-3,5-6,8-9H,4,7,10H2;2-5H,9H2,1H3. The smallest absolute Gasteiger partial charge is 0.270 e. The van der Waals surface area contributed by atoms with Crippen molar-refractivity contribution in [2.24, 2.45) is 22.8 Å². The van der Waals surface area contributed by atoms with Gasteiger partial charge in [-0.1, -0.05) is 91.9 Å². The van der Waals surface area contributed by atoms with Crippen LogP contribution in [0.3, 0.4) is 0 Å². The number of hydrogen-bond donors (Lipinski definition) is 1. The Kier molecular flexibility index (Phi) is 13.0. The topological polar surface area (TPSA) is 199 Å². The maximum atomic E-state index is 12.8. The molecule has 7 rings (SSSR count). The van der Waals surface area contributed by atoms with Crippen LogP contribution >= 0.6 is 0 Å². The van der Waals surface area contributed by atoms with Crippen LogP contribution in [-0.2, 0) is 37.4 Å². The number of nitro groups is 2. The molecule has 288 valence electrons. The third-order valence-electron chi connectivity index (χ3n) is 10.2. The van der Waals surface area contributed by atoms with E-state index >= 15 is 0 Å². The van der Waals surface area contributed by atoms with E-state index in [2.05, 4.69) is 5.10 Å². The van der Waals surface area contributed by atoms with Gasteiger partial charge in [0.25, 0.3) is 23.2 Å². The Morgan fingerprint density at radius 3 is 1.62 bits per heavy atom. The molecule has 2 N–H and O–H groups in total. The van der Waals surface area contributed by atoms with Gasteiger partial charge in [-0.15, -0.1) is 0 Å². The number of hydrazone groups is 1. The minimum absolute atomic E-state index is 0.0155. The number of carbonyl (C=O) groups excluding carboxylic acids is 4. The van der Waals surface area contributed by atoms with Crippen molar-refractivity contribution in [2.45, 2.75) is 44.9 Å². The van der Waals surface area contributed by atoms with Crippen molar-refractivity contribution in [3.63, 3.8) is 0 Å². The Bertz CT molecular complexity index is 2130. The summed E-state index contributed by atoms with van der Waals surface area (Å²) < 4.78 is 0. The summed E-state index contributed by atoms with van der Waals surface area (Å²) in [6.07, 6.45) is 5.89. The van der Waals surface area contributed by atoms with Crippen LogP contribution in [0.5, 0.6) is 0 Å². The quantitative estimate of drug-likeness (QED) is 0.0599. The van der Waals surface area contributed by atoms with Crippen molar-refractivity contribution in [1.29, 1.82) is 0 Å². The molecule has 2 aliphatic heterocycles. The summed E-state index contributed by atoms with van der Waals surface area (Å²) in [7, 11) is 0. The summed E-state index contributed by atoms with van der Waals surface area (Å²) in [6, 6.07) is 32.5. The van der Waals surface area contributed by atoms with Crippen LogP contribution in [0.4, 0.5) is 11.4 Å². The maximum absolute atomic E-state index is 12.8. The second-order valence-corrected chi connectivity index (χ2v) is 13.7. The molecular weight excluding hydrogens is 716 g/mol. The van der Waals surface area contributed by atoms with Crippen LogP contribution in [0.2, 0.25) is 0 Å². The van der Waals surface area contributed by atoms with Crippen molar-refractivity contribution in [2.75, 3.05) is 13.1 Å². The van der Waals surface area contributed by atoms with Gasteiger partial charge in [0.05, 0.1) is 27.4 Å². The number of nitrogens with two attached hydrogens (primary N) is 1. The average Bonchev–Trinajstić information content (AvgIpc) is 3.62. The molecular formula is C42H42N6O8. The summed E-state index contributed by atoms with van der Waals surface area (Å²) in [4.78, 5) is 71.2. The molecule has 0 spiro atoms. The molecule has 1 saturated carbocycles. The number of hydrogen-bond acceptors (Lipinski definition) is 10. The van der Waals surface area contributed by atoms with Crippen LogP contribution in [0.25, 0.3) is 0 Å². The van der Waals surface area contributed by atoms with E-state index in [1.54, 1.807) is 31.2 Å². The zero-order valence-corrected chi connectivity index (χ0v) is 31.0. The minimum Gasteiger partial charge on any atom is -0.323 e. The third-order valence-corrected chi connectivity index (χ3v) is 10.2. The van der Waals surface area contributed by atoms with Gasteiger partial charge in [-0.25, -0.2) is 0 Å². The highest BCUT2D eigenvalue weighted by Crippen LogP contribution is 2.64. The van der Waals surface area contributed by atoms with Crippen molar-refractivity contribution in [3.05, 3.63) is 164 Å². The summed E-state index contributed by atoms with van der Waals surface area (Å²) in [6.45, 7) is 4.47. The molecule has 2 unspecified atom stereocenters. The lowest BCUT2D eigenvalue weighted by Gasteiger charge is -2.23. The van der Waals surface area contributed by atoms with Gasteiger partial charge in [0.15, 0.2) is 0 Å². The van der Waals surface area contributed by atoms with E-state index in [1.807, 2.05) is 67.6 Å². The lowest BCUT2D eigenvalue weighted by Crippen LogP contribution is -2.38. The van der Waals surface area contributed by atoms with Gasteiger partial charge in [0.2, 0.25) is 11.8 Å². The number of carbonyl (C=O) groups is 4. The molecule has 1 saturated heterocycles. The lowest BCUT2D eigenvalue weighted by molar-refractivity contribution is -0.385. The molecule has 2 fully saturated rings. The van der Waals surface area contributed by atoms with Gasteiger partial charge in [-0.3, -0.25) is 49.2 Å². The largest absolute Gasteiger partial charge is 0.323 e. The number of amides is 4. The number of piperidine rings is 1. The van der Waals surface area contributed by atoms with Gasteiger partial charge >= 0.3 is 0 Å². The summed E-state index contributed by atoms with van der Waals surface area (Å²) in [5.74, 6) is 3.56. The first kappa shape index (κ1) is 40.4. The molecule has 4 amide bonds. The molecule has 3 aliphatic rings. The fourth-order valence-corrected chi connectivity index (χ4v) is 7.03. The van der Waals surface area contributed by atoms with Gasteiger partial charge < -0.3 is 5.84 Å². The first-order valence-electron chi connectivity index (χ1n) is 18.1. The van der Waals surface area contributed by atoms with E-state index < -0.39 is 27.1 Å². The molecule has 1 aliphatic carbocycles. The van der Waals surface area contributed by atoms with Gasteiger partial charge in [-0.05, 0) is 49.3 Å². The van der Waals surface area contributed by atoms with Crippen molar-refractivity contribution in [1.82, 2.24) is 9.80 Å². The second-order valence-electron chi connectivity index (χ2n) is 13.7. The number of nitrogens with zero attached hydrogens (tertiary/aromatic N) is 5. The minimum atomic E-state index is -0.629. The molecule has 14 nitrogen and oxygen atoms in total. The number of imide groups is 2. The molecule has 0 radical (unpaired) electrons. The number of benzene rings is 4. The van der Waals surface area contributed by atoms with Gasteiger partial charge in [0.1, 0.15) is 0 Å². The Hall–Kier alpha value is -6.83. The lowest BCUT2D eigenvalue weighted by atomic mass is 9.91. The molecule has 0 aromatic heterocycles. The Morgan fingerprint density at radius 1 is 0.679 bits per heavy atom. The molecule has 56 heavy (non-hydrogen) atoms.